The zero-order chi connectivity index (χ0) is 20.2. The van der Waals surface area contributed by atoms with Crippen molar-refractivity contribution in [2.45, 2.75) is 0 Å². The molecule has 148 valence electrons. The van der Waals surface area contributed by atoms with Gasteiger partial charge in [-0.2, -0.15) is 0 Å². The van der Waals surface area contributed by atoms with Crippen molar-refractivity contribution in [3.05, 3.63) is 78.3 Å². The summed E-state index contributed by atoms with van der Waals surface area (Å²) in [6.07, 6.45) is 1.33. The Kier molecular flexibility index (Phi) is 5.33. The molecule has 0 aliphatic carbocycles. The number of hydrogen-bond donors (Lipinski definition) is 1. The lowest BCUT2D eigenvalue weighted by Gasteiger charge is -2.36. The number of para-hydroxylation sites is 1. The molecule has 2 heterocycles. The molecule has 0 spiro atoms. The number of halogens is 2. The van der Waals surface area contributed by atoms with E-state index in [2.05, 4.69) is 15.3 Å². The number of carbonyl (C=O) groups excluding carboxylic acids is 1. The Morgan fingerprint density at radius 3 is 2.41 bits per heavy atom. The minimum atomic E-state index is -0.441. The lowest BCUT2D eigenvalue weighted by Crippen LogP contribution is -2.47. The fourth-order valence-corrected chi connectivity index (χ4v) is 3.29. The molecule has 1 amide bonds. The van der Waals surface area contributed by atoms with E-state index in [4.69, 9.17) is 0 Å². The van der Waals surface area contributed by atoms with Crippen LogP contribution in [0.2, 0.25) is 0 Å². The Hall–Kier alpha value is -3.55. The van der Waals surface area contributed by atoms with E-state index in [0.717, 1.165) is 0 Å². The van der Waals surface area contributed by atoms with Crippen molar-refractivity contribution in [1.82, 2.24) is 9.97 Å². The summed E-state index contributed by atoms with van der Waals surface area (Å²) in [5.41, 5.74) is 1.13. The van der Waals surface area contributed by atoms with Gasteiger partial charge in [0.2, 0.25) is 0 Å². The Balaban J connectivity index is 1.43. The van der Waals surface area contributed by atoms with Gasteiger partial charge in [0, 0.05) is 37.9 Å². The maximum atomic E-state index is 14.0. The minimum Gasteiger partial charge on any atom is -0.366 e. The van der Waals surface area contributed by atoms with Gasteiger partial charge in [-0.05, 0) is 30.3 Å². The average Bonchev–Trinajstić information content (AvgIpc) is 2.74. The van der Waals surface area contributed by atoms with Gasteiger partial charge >= 0.3 is 0 Å². The highest BCUT2D eigenvalue weighted by atomic mass is 19.1. The molecule has 0 atom stereocenters. The second-order valence-electron chi connectivity index (χ2n) is 6.65. The molecule has 0 saturated carbocycles. The van der Waals surface area contributed by atoms with Gasteiger partial charge in [0.1, 0.15) is 29.5 Å². The number of nitrogens with one attached hydrogen (secondary N) is 1. The number of rotatable bonds is 4. The third kappa shape index (κ3) is 4.31. The van der Waals surface area contributed by atoms with Crippen molar-refractivity contribution in [3.63, 3.8) is 0 Å². The van der Waals surface area contributed by atoms with Crippen LogP contribution in [0, 0.1) is 11.6 Å². The maximum absolute atomic E-state index is 14.0. The molecule has 8 heteroatoms. The number of carbonyl (C=O) groups is 1. The van der Waals surface area contributed by atoms with Crippen LogP contribution in [0.15, 0.2) is 60.9 Å². The van der Waals surface area contributed by atoms with Gasteiger partial charge < -0.3 is 15.1 Å². The SMILES string of the molecule is O=C(Nc1cccc(F)c1)c1cc(N2CCN(c3ccccc3F)CC2)ncn1. The molecule has 29 heavy (non-hydrogen) atoms. The van der Waals surface area contributed by atoms with E-state index < -0.39 is 11.7 Å². The Morgan fingerprint density at radius 2 is 1.66 bits per heavy atom. The van der Waals surface area contributed by atoms with E-state index in [1.165, 1.54) is 30.6 Å². The van der Waals surface area contributed by atoms with E-state index >= 15 is 0 Å². The highest BCUT2D eigenvalue weighted by molar-refractivity contribution is 6.03. The molecule has 1 fully saturated rings. The molecule has 1 saturated heterocycles. The van der Waals surface area contributed by atoms with Crippen molar-refractivity contribution in [2.75, 3.05) is 41.3 Å². The lowest BCUT2D eigenvalue weighted by molar-refractivity contribution is 0.102. The molecule has 1 aliphatic heterocycles. The molecule has 0 radical (unpaired) electrons. The Labute approximate surface area is 166 Å². The number of anilines is 3. The summed E-state index contributed by atoms with van der Waals surface area (Å²) in [6.45, 7) is 2.54. The molecule has 0 bridgehead atoms. The van der Waals surface area contributed by atoms with E-state index in [-0.39, 0.29) is 11.5 Å². The van der Waals surface area contributed by atoms with Gasteiger partial charge in [-0.3, -0.25) is 4.79 Å². The summed E-state index contributed by atoms with van der Waals surface area (Å²) in [7, 11) is 0. The summed E-state index contributed by atoms with van der Waals surface area (Å²) in [5, 5.41) is 2.63. The van der Waals surface area contributed by atoms with Crippen molar-refractivity contribution < 1.29 is 13.6 Å². The number of piperazine rings is 1. The molecule has 1 N–H and O–H groups in total. The summed E-state index contributed by atoms with van der Waals surface area (Å²) in [6, 6.07) is 14.0. The largest absolute Gasteiger partial charge is 0.366 e. The summed E-state index contributed by atoms with van der Waals surface area (Å²) in [5.74, 6) is -0.486. The molecule has 1 aliphatic rings. The number of nitrogens with zero attached hydrogens (tertiary/aromatic N) is 4. The first-order chi connectivity index (χ1) is 14.1. The van der Waals surface area contributed by atoms with E-state index in [1.54, 1.807) is 24.3 Å². The van der Waals surface area contributed by atoms with Crippen LogP contribution in [0.4, 0.5) is 26.0 Å². The summed E-state index contributed by atoms with van der Waals surface area (Å²) >= 11 is 0. The third-order valence-corrected chi connectivity index (χ3v) is 4.76. The Morgan fingerprint density at radius 1 is 0.897 bits per heavy atom. The topological polar surface area (TPSA) is 61.4 Å². The molecule has 6 nitrogen and oxygen atoms in total. The maximum Gasteiger partial charge on any atom is 0.274 e. The third-order valence-electron chi connectivity index (χ3n) is 4.76. The van der Waals surface area contributed by atoms with Gasteiger partial charge in [-0.25, -0.2) is 18.7 Å². The van der Waals surface area contributed by atoms with Gasteiger partial charge in [-0.1, -0.05) is 18.2 Å². The molecule has 0 unspecified atom stereocenters. The van der Waals surface area contributed by atoms with Crippen LogP contribution < -0.4 is 15.1 Å². The second-order valence-corrected chi connectivity index (χ2v) is 6.65. The van der Waals surface area contributed by atoms with Crippen molar-refractivity contribution in [1.29, 1.82) is 0 Å². The summed E-state index contributed by atoms with van der Waals surface area (Å²) < 4.78 is 27.3. The van der Waals surface area contributed by atoms with Gasteiger partial charge in [0.05, 0.1) is 5.69 Å². The van der Waals surface area contributed by atoms with E-state index in [1.807, 2.05) is 15.9 Å². The van der Waals surface area contributed by atoms with Crippen LogP contribution in [-0.4, -0.2) is 42.1 Å². The fraction of sp³-hybridized carbons (Fsp3) is 0.190. The first-order valence-corrected chi connectivity index (χ1v) is 9.23. The van der Waals surface area contributed by atoms with Crippen LogP contribution >= 0.6 is 0 Å². The van der Waals surface area contributed by atoms with Gasteiger partial charge in [0.25, 0.3) is 5.91 Å². The predicted molar refractivity (Wildman–Crippen MR) is 107 cm³/mol. The number of hydrogen-bond acceptors (Lipinski definition) is 5. The molecular weight excluding hydrogens is 376 g/mol. The van der Waals surface area contributed by atoms with Crippen molar-refractivity contribution >= 4 is 23.1 Å². The molecule has 1 aromatic heterocycles. The highest BCUT2D eigenvalue weighted by Gasteiger charge is 2.21. The van der Waals surface area contributed by atoms with Gasteiger partial charge in [-0.15, -0.1) is 0 Å². The van der Waals surface area contributed by atoms with Crippen molar-refractivity contribution in [2.24, 2.45) is 0 Å². The van der Waals surface area contributed by atoms with Crippen LogP contribution in [0.1, 0.15) is 10.5 Å². The van der Waals surface area contributed by atoms with Crippen LogP contribution in [0.5, 0.6) is 0 Å². The normalized spacial score (nSPS) is 14.0. The molecule has 4 rings (SSSR count). The van der Waals surface area contributed by atoms with Crippen LogP contribution in [0.3, 0.4) is 0 Å². The fourth-order valence-electron chi connectivity index (χ4n) is 3.29. The molecule has 2 aromatic carbocycles. The van der Waals surface area contributed by atoms with Crippen molar-refractivity contribution in [3.8, 4) is 0 Å². The molecular formula is C21H19F2N5O. The monoisotopic (exact) mass is 395 g/mol. The smallest absolute Gasteiger partial charge is 0.274 e. The van der Waals surface area contributed by atoms with E-state index in [0.29, 0.717) is 43.4 Å². The number of aromatic nitrogens is 2. The van der Waals surface area contributed by atoms with Gasteiger partial charge in [0.15, 0.2) is 0 Å². The van der Waals surface area contributed by atoms with Crippen LogP contribution in [0.25, 0.3) is 0 Å². The quantitative estimate of drug-likeness (QED) is 0.734. The first kappa shape index (κ1) is 18.8. The second kappa shape index (κ2) is 8.22. The Bertz CT molecular complexity index is 1020. The average molecular weight is 395 g/mol. The highest BCUT2D eigenvalue weighted by Crippen LogP contribution is 2.22. The minimum absolute atomic E-state index is 0.191. The number of amides is 1. The zero-order valence-corrected chi connectivity index (χ0v) is 15.6. The standard InChI is InChI=1S/C21H19F2N5O/c22-15-4-3-5-16(12-15)26-21(29)18-13-20(25-14-24-18)28-10-8-27(9-11-28)19-7-2-1-6-17(19)23/h1-7,12-14H,8-11H2,(H,26,29). The lowest BCUT2D eigenvalue weighted by atomic mass is 10.2. The van der Waals surface area contributed by atoms with E-state index in [9.17, 15) is 13.6 Å². The summed E-state index contributed by atoms with van der Waals surface area (Å²) in [4.78, 5) is 24.7. The number of benzene rings is 2. The molecule has 3 aromatic rings. The first-order valence-electron chi connectivity index (χ1n) is 9.23. The zero-order valence-electron chi connectivity index (χ0n) is 15.6. The van der Waals surface area contributed by atoms with Crippen LogP contribution in [-0.2, 0) is 0 Å². The predicted octanol–water partition coefficient (Wildman–Crippen LogP) is 3.33.